The third kappa shape index (κ3) is 3.40. The molecule has 0 saturated heterocycles. The van der Waals surface area contributed by atoms with E-state index in [1.807, 2.05) is 11.7 Å². The van der Waals surface area contributed by atoms with Gasteiger partial charge in [0, 0.05) is 17.1 Å². The van der Waals surface area contributed by atoms with E-state index >= 15 is 0 Å². The van der Waals surface area contributed by atoms with E-state index in [0.29, 0.717) is 6.04 Å². The fraction of sp³-hybridized carbons (Fsp3) is 0.400. The largest absolute Gasteiger partial charge is 0.309 e. The predicted molar refractivity (Wildman–Crippen MR) is 78.0 cm³/mol. The van der Waals surface area contributed by atoms with Gasteiger partial charge in [-0.2, -0.15) is 0 Å². The highest BCUT2D eigenvalue weighted by Gasteiger charge is 2.13. The molecule has 96 valence electrons. The van der Waals surface area contributed by atoms with Gasteiger partial charge in [0.2, 0.25) is 0 Å². The molecule has 0 aliphatic heterocycles. The quantitative estimate of drug-likeness (QED) is 0.856. The van der Waals surface area contributed by atoms with E-state index in [4.69, 9.17) is 0 Å². The first kappa shape index (κ1) is 13.2. The highest BCUT2D eigenvalue weighted by molar-refractivity contribution is 7.09. The minimum atomic E-state index is 0.388. The monoisotopic (exact) mass is 260 g/mol. The molecule has 18 heavy (non-hydrogen) atoms. The van der Waals surface area contributed by atoms with E-state index in [9.17, 15) is 0 Å². The lowest BCUT2D eigenvalue weighted by Gasteiger charge is -2.18. The second kappa shape index (κ2) is 6.66. The summed E-state index contributed by atoms with van der Waals surface area (Å²) in [6.45, 7) is 5.43. The van der Waals surface area contributed by atoms with Crippen molar-refractivity contribution in [3.63, 3.8) is 0 Å². The summed E-state index contributed by atoms with van der Waals surface area (Å²) in [7, 11) is 0. The van der Waals surface area contributed by atoms with Crippen LogP contribution in [0, 0.1) is 6.92 Å². The van der Waals surface area contributed by atoms with Crippen molar-refractivity contribution in [3.05, 3.63) is 52.0 Å². The summed E-state index contributed by atoms with van der Waals surface area (Å²) in [5.41, 5.74) is 4.69. The maximum absolute atomic E-state index is 4.19. The molecule has 0 aliphatic rings. The molecule has 0 aliphatic carbocycles. The standard InChI is InChI=1S/C15H20N2S/c1-3-8-17-14(15-10-16-11-18-15)9-13-7-5-4-6-12(13)2/h4-7,10-11,14,17H,3,8-9H2,1-2H3. The van der Waals surface area contributed by atoms with Crippen LogP contribution in [0.2, 0.25) is 0 Å². The molecule has 2 nitrogen and oxygen atoms in total. The Morgan fingerprint density at radius 1 is 1.33 bits per heavy atom. The molecule has 1 atom stereocenters. The zero-order chi connectivity index (χ0) is 12.8. The zero-order valence-corrected chi connectivity index (χ0v) is 11.8. The smallest absolute Gasteiger partial charge is 0.0794 e. The molecule has 0 spiro atoms. The summed E-state index contributed by atoms with van der Waals surface area (Å²) in [4.78, 5) is 5.52. The van der Waals surface area contributed by atoms with Crippen LogP contribution in [0.1, 0.15) is 35.4 Å². The van der Waals surface area contributed by atoms with Gasteiger partial charge < -0.3 is 5.32 Å². The van der Waals surface area contributed by atoms with Crippen LogP contribution < -0.4 is 5.32 Å². The number of rotatable bonds is 6. The highest BCUT2D eigenvalue weighted by Crippen LogP contribution is 2.23. The maximum Gasteiger partial charge on any atom is 0.0794 e. The van der Waals surface area contributed by atoms with Crippen LogP contribution in [0.3, 0.4) is 0 Å². The van der Waals surface area contributed by atoms with Crippen LogP contribution in [0.5, 0.6) is 0 Å². The van der Waals surface area contributed by atoms with Crippen molar-refractivity contribution in [2.45, 2.75) is 32.7 Å². The summed E-state index contributed by atoms with van der Waals surface area (Å²) < 4.78 is 0. The predicted octanol–water partition coefficient (Wildman–Crippen LogP) is 3.73. The Balaban J connectivity index is 2.13. The summed E-state index contributed by atoms with van der Waals surface area (Å²) in [5, 5.41) is 3.62. The second-order valence-electron chi connectivity index (χ2n) is 4.54. The molecule has 0 fully saturated rings. The van der Waals surface area contributed by atoms with Crippen molar-refractivity contribution in [1.82, 2.24) is 10.3 Å². The van der Waals surface area contributed by atoms with Crippen LogP contribution in [-0.2, 0) is 6.42 Å². The van der Waals surface area contributed by atoms with Gasteiger partial charge in [0.15, 0.2) is 0 Å². The molecule has 0 radical (unpaired) electrons. The van der Waals surface area contributed by atoms with Gasteiger partial charge in [-0.25, -0.2) is 0 Å². The number of hydrogen-bond donors (Lipinski definition) is 1. The molecular formula is C15H20N2S. The van der Waals surface area contributed by atoms with Gasteiger partial charge >= 0.3 is 0 Å². The van der Waals surface area contributed by atoms with Crippen LogP contribution in [0.25, 0.3) is 0 Å². The fourth-order valence-electron chi connectivity index (χ4n) is 2.05. The third-order valence-corrected chi connectivity index (χ3v) is 4.01. The SMILES string of the molecule is CCCNC(Cc1ccccc1C)c1cncs1. The van der Waals surface area contributed by atoms with Crippen molar-refractivity contribution in [2.24, 2.45) is 0 Å². The molecule has 1 aromatic carbocycles. The minimum absolute atomic E-state index is 0.388. The molecule has 2 rings (SSSR count). The molecule has 3 heteroatoms. The second-order valence-corrected chi connectivity index (χ2v) is 5.46. The first-order valence-electron chi connectivity index (χ1n) is 6.47. The lowest BCUT2D eigenvalue weighted by Crippen LogP contribution is -2.23. The zero-order valence-electron chi connectivity index (χ0n) is 11.0. The minimum Gasteiger partial charge on any atom is -0.309 e. The lowest BCUT2D eigenvalue weighted by molar-refractivity contribution is 0.535. The van der Waals surface area contributed by atoms with Gasteiger partial charge in [0.25, 0.3) is 0 Å². The van der Waals surface area contributed by atoms with Gasteiger partial charge in [-0.15, -0.1) is 11.3 Å². The molecule has 0 saturated carbocycles. The van der Waals surface area contributed by atoms with Crippen LogP contribution in [-0.4, -0.2) is 11.5 Å². The Morgan fingerprint density at radius 2 is 2.17 bits per heavy atom. The van der Waals surface area contributed by atoms with Crippen molar-refractivity contribution < 1.29 is 0 Å². The van der Waals surface area contributed by atoms with E-state index in [2.05, 4.69) is 48.4 Å². The highest BCUT2D eigenvalue weighted by atomic mass is 32.1. The normalized spacial score (nSPS) is 12.6. The van der Waals surface area contributed by atoms with Crippen LogP contribution >= 0.6 is 11.3 Å². The molecule has 0 amide bonds. The van der Waals surface area contributed by atoms with Crippen molar-refractivity contribution in [2.75, 3.05) is 6.54 Å². The third-order valence-electron chi connectivity index (χ3n) is 3.12. The van der Waals surface area contributed by atoms with Crippen molar-refractivity contribution >= 4 is 11.3 Å². The number of aryl methyl sites for hydroxylation is 1. The summed E-state index contributed by atoms with van der Waals surface area (Å²) >= 11 is 1.73. The van der Waals surface area contributed by atoms with Gasteiger partial charge in [0.1, 0.15) is 0 Å². The number of benzene rings is 1. The molecule has 1 aromatic heterocycles. The Bertz CT molecular complexity index is 465. The molecule has 2 aromatic rings. The average Bonchev–Trinajstić information content (AvgIpc) is 2.90. The van der Waals surface area contributed by atoms with Gasteiger partial charge in [-0.05, 0) is 37.4 Å². The molecule has 1 N–H and O–H groups in total. The summed E-state index contributed by atoms with van der Waals surface area (Å²) in [6.07, 6.45) is 4.17. The Morgan fingerprint density at radius 3 is 2.83 bits per heavy atom. The van der Waals surface area contributed by atoms with Gasteiger partial charge in [-0.1, -0.05) is 31.2 Å². The molecular weight excluding hydrogens is 240 g/mol. The average molecular weight is 260 g/mol. The number of nitrogens with one attached hydrogen (secondary N) is 1. The van der Waals surface area contributed by atoms with Crippen molar-refractivity contribution in [3.8, 4) is 0 Å². The van der Waals surface area contributed by atoms with Crippen molar-refractivity contribution in [1.29, 1.82) is 0 Å². The lowest BCUT2D eigenvalue weighted by atomic mass is 10.0. The van der Waals surface area contributed by atoms with E-state index < -0.39 is 0 Å². The Labute approximate surface area is 113 Å². The van der Waals surface area contributed by atoms with E-state index in [0.717, 1.165) is 19.4 Å². The molecule has 1 unspecified atom stereocenters. The number of thiazole rings is 1. The van der Waals surface area contributed by atoms with E-state index in [1.165, 1.54) is 16.0 Å². The van der Waals surface area contributed by atoms with E-state index in [-0.39, 0.29) is 0 Å². The van der Waals surface area contributed by atoms with Crippen LogP contribution in [0.15, 0.2) is 36.0 Å². The first-order chi connectivity index (χ1) is 8.81. The maximum atomic E-state index is 4.19. The number of aromatic nitrogens is 1. The Hall–Kier alpha value is -1.19. The van der Waals surface area contributed by atoms with Gasteiger partial charge in [-0.3, -0.25) is 4.98 Å². The molecule has 1 heterocycles. The Kier molecular flexibility index (Phi) is 4.90. The summed E-state index contributed by atoms with van der Waals surface area (Å²) in [5.74, 6) is 0. The van der Waals surface area contributed by atoms with Gasteiger partial charge in [0.05, 0.1) is 5.51 Å². The topological polar surface area (TPSA) is 24.9 Å². The van der Waals surface area contributed by atoms with Crippen LogP contribution in [0.4, 0.5) is 0 Å². The fourth-order valence-corrected chi connectivity index (χ4v) is 2.74. The number of hydrogen-bond acceptors (Lipinski definition) is 3. The number of nitrogens with zero attached hydrogens (tertiary/aromatic N) is 1. The van der Waals surface area contributed by atoms with E-state index in [1.54, 1.807) is 11.3 Å². The first-order valence-corrected chi connectivity index (χ1v) is 7.35. The summed E-state index contributed by atoms with van der Waals surface area (Å²) in [6, 6.07) is 9.00. The molecule has 0 bridgehead atoms.